The van der Waals surface area contributed by atoms with Gasteiger partial charge < -0.3 is 10.6 Å². The first-order valence-electron chi connectivity index (χ1n) is 5.53. The quantitative estimate of drug-likeness (QED) is 0.459. The smallest absolute Gasteiger partial charge is 0.353 e. The number of nitrogens with zero attached hydrogens (tertiary/aromatic N) is 3. The molecular weight excluding hydrogens is 385 g/mol. The number of anilines is 3. The molecule has 0 amide bonds. The van der Waals surface area contributed by atoms with E-state index in [0.29, 0.717) is 15.2 Å². The standard InChI is InChI=1S/C11H8BrCl2N5O2/c1-15-10-9(19(20)21)11(17-4-16-10)18-6-3-2-5(12)7(13)8(6)14/h2-4H,1H3,(H2,15,16,17,18). The van der Waals surface area contributed by atoms with Crippen LogP contribution in [0.25, 0.3) is 0 Å². The summed E-state index contributed by atoms with van der Waals surface area (Å²) in [6.07, 6.45) is 1.20. The van der Waals surface area contributed by atoms with E-state index in [1.165, 1.54) is 13.4 Å². The molecule has 0 atom stereocenters. The van der Waals surface area contributed by atoms with Gasteiger partial charge in [0.25, 0.3) is 0 Å². The van der Waals surface area contributed by atoms with Crippen molar-refractivity contribution in [1.82, 2.24) is 9.97 Å². The molecule has 7 nitrogen and oxygen atoms in total. The molecule has 2 aromatic rings. The molecule has 0 bridgehead atoms. The summed E-state index contributed by atoms with van der Waals surface area (Å²) in [6.45, 7) is 0. The van der Waals surface area contributed by atoms with Gasteiger partial charge in [0.05, 0.1) is 20.7 Å². The molecule has 110 valence electrons. The molecule has 2 rings (SSSR count). The molecule has 0 aliphatic rings. The third-order valence-electron chi connectivity index (χ3n) is 2.53. The maximum Gasteiger partial charge on any atom is 0.353 e. The fraction of sp³-hybridized carbons (Fsp3) is 0.0909. The highest BCUT2D eigenvalue weighted by Crippen LogP contribution is 2.38. The lowest BCUT2D eigenvalue weighted by molar-refractivity contribution is -0.383. The zero-order valence-electron chi connectivity index (χ0n) is 10.5. The fourth-order valence-electron chi connectivity index (χ4n) is 1.58. The van der Waals surface area contributed by atoms with Crippen LogP contribution in [-0.2, 0) is 0 Å². The Labute approximate surface area is 138 Å². The van der Waals surface area contributed by atoms with Gasteiger partial charge in [0.1, 0.15) is 6.33 Å². The van der Waals surface area contributed by atoms with Crippen LogP contribution in [-0.4, -0.2) is 21.9 Å². The SMILES string of the molecule is CNc1ncnc(Nc2ccc(Br)c(Cl)c2Cl)c1[N+](=O)[O-]. The summed E-state index contributed by atoms with van der Waals surface area (Å²) in [6, 6.07) is 3.30. The molecule has 0 aliphatic carbocycles. The van der Waals surface area contributed by atoms with E-state index in [2.05, 4.69) is 36.5 Å². The van der Waals surface area contributed by atoms with Crippen molar-refractivity contribution in [2.45, 2.75) is 0 Å². The van der Waals surface area contributed by atoms with Crippen LogP contribution in [0.1, 0.15) is 0 Å². The Morgan fingerprint density at radius 2 is 1.90 bits per heavy atom. The third kappa shape index (κ3) is 3.17. The highest BCUT2D eigenvalue weighted by molar-refractivity contribution is 9.10. The van der Waals surface area contributed by atoms with Crippen molar-refractivity contribution in [2.24, 2.45) is 0 Å². The Morgan fingerprint density at radius 1 is 1.24 bits per heavy atom. The van der Waals surface area contributed by atoms with Gasteiger partial charge in [-0.1, -0.05) is 23.2 Å². The number of hydrogen-bond donors (Lipinski definition) is 2. The fourth-order valence-corrected chi connectivity index (χ4v) is 2.40. The average molecular weight is 393 g/mol. The van der Waals surface area contributed by atoms with Gasteiger partial charge in [-0.05, 0) is 28.1 Å². The first kappa shape index (κ1) is 15.7. The van der Waals surface area contributed by atoms with Gasteiger partial charge in [0.2, 0.25) is 11.6 Å². The van der Waals surface area contributed by atoms with Crippen molar-refractivity contribution in [2.75, 3.05) is 17.7 Å². The van der Waals surface area contributed by atoms with E-state index in [1.54, 1.807) is 12.1 Å². The topological polar surface area (TPSA) is 93.0 Å². The van der Waals surface area contributed by atoms with Crippen molar-refractivity contribution < 1.29 is 4.92 Å². The minimum Gasteiger partial charge on any atom is -0.367 e. The molecule has 0 saturated heterocycles. The summed E-state index contributed by atoms with van der Waals surface area (Å²) in [5.74, 6) is 0.108. The molecule has 2 N–H and O–H groups in total. The number of rotatable bonds is 4. The van der Waals surface area contributed by atoms with Gasteiger partial charge in [-0.2, -0.15) is 0 Å². The summed E-state index contributed by atoms with van der Waals surface area (Å²) >= 11 is 15.4. The van der Waals surface area contributed by atoms with Crippen LogP contribution in [0.2, 0.25) is 10.0 Å². The lowest BCUT2D eigenvalue weighted by Gasteiger charge is -2.11. The van der Waals surface area contributed by atoms with E-state index in [9.17, 15) is 10.1 Å². The summed E-state index contributed by atoms with van der Waals surface area (Å²) in [5, 5.41) is 17.1. The first-order valence-corrected chi connectivity index (χ1v) is 7.08. The molecule has 1 heterocycles. The maximum absolute atomic E-state index is 11.2. The van der Waals surface area contributed by atoms with Crippen LogP contribution in [0.4, 0.5) is 23.0 Å². The average Bonchev–Trinajstić information content (AvgIpc) is 2.47. The van der Waals surface area contributed by atoms with Crippen LogP contribution < -0.4 is 10.6 Å². The number of hydrogen-bond acceptors (Lipinski definition) is 6. The predicted molar refractivity (Wildman–Crippen MR) is 85.7 cm³/mol. The normalized spacial score (nSPS) is 10.3. The van der Waals surface area contributed by atoms with Gasteiger partial charge in [0, 0.05) is 11.5 Å². The molecule has 21 heavy (non-hydrogen) atoms. The van der Waals surface area contributed by atoms with Crippen molar-refractivity contribution in [3.05, 3.63) is 43.1 Å². The van der Waals surface area contributed by atoms with E-state index in [4.69, 9.17) is 23.2 Å². The maximum atomic E-state index is 11.2. The molecule has 0 spiro atoms. The molecule has 1 aromatic heterocycles. The van der Waals surface area contributed by atoms with Crippen LogP contribution in [0, 0.1) is 10.1 Å². The zero-order valence-corrected chi connectivity index (χ0v) is 13.6. The minimum atomic E-state index is -0.581. The molecule has 0 aliphatic heterocycles. The second-order valence-corrected chi connectivity index (χ2v) is 5.38. The Kier molecular flexibility index (Phi) is 4.81. The van der Waals surface area contributed by atoms with E-state index in [-0.39, 0.29) is 22.3 Å². The lowest BCUT2D eigenvalue weighted by Crippen LogP contribution is -2.05. The highest BCUT2D eigenvalue weighted by atomic mass is 79.9. The Morgan fingerprint density at radius 3 is 2.52 bits per heavy atom. The van der Waals surface area contributed by atoms with E-state index in [1.807, 2.05) is 0 Å². The molecule has 0 fully saturated rings. The van der Waals surface area contributed by atoms with Gasteiger partial charge in [-0.3, -0.25) is 10.1 Å². The number of halogens is 3. The summed E-state index contributed by atoms with van der Waals surface area (Å²) in [4.78, 5) is 18.3. The first-order chi connectivity index (χ1) is 9.95. The van der Waals surface area contributed by atoms with E-state index in [0.717, 1.165) is 0 Å². The Bertz CT molecular complexity index is 713. The molecule has 10 heteroatoms. The van der Waals surface area contributed by atoms with Gasteiger partial charge >= 0.3 is 5.69 Å². The van der Waals surface area contributed by atoms with Crippen LogP contribution >= 0.6 is 39.1 Å². The van der Waals surface area contributed by atoms with E-state index < -0.39 is 4.92 Å². The number of nitrogens with one attached hydrogen (secondary N) is 2. The van der Waals surface area contributed by atoms with Crippen LogP contribution in [0.15, 0.2) is 22.9 Å². The monoisotopic (exact) mass is 391 g/mol. The van der Waals surface area contributed by atoms with Crippen LogP contribution in [0.5, 0.6) is 0 Å². The second-order valence-electron chi connectivity index (χ2n) is 3.77. The number of benzene rings is 1. The van der Waals surface area contributed by atoms with E-state index >= 15 is 0 Å². The summed E-state index contributed by atoms with van der Waals surface area (Å²) in [7, 11) is 1.53. The molecule has 0 unspecified atom stereocenters. The highest BCUT2D eigenvalue weighted by Gasteiger charge is 2.23. The Hall–Kier alpha value is -1.64. The van der Waals surface area contributed by atoms with Crippen LogP contribution in [0.3, 0.4) is 0 Å². The summed E-state index contributed by atoms with van der Waals surface area (Å²) in [5.41, 5.74) is 0.115. The number of aromatic nitrogens is 2. The van der Waals surface area contributed by atoms with Gasteiger partial charge in [-0.15, -0.1) is 0 Å². The molecule has 1 aromatic carbocycles. The Balaban J connectivity index is 2.50. The van der Waals surface area contributed by atoms with Gasteiger partial charge in [0.15, 0.2) is 0 Å². The minimum absolute atomic E-state index is 0.0136. The molecule has 0 saturated carbocycles. The zero-order chi connectivity index (χ0) is 15.6. The van der Waals surface area contributed by atoms with Gasteiger partial charge in [-0.25, -0.2) is 9.97 Å². The van der Waals surface area contributed by atoms with Crippen molar-refractivity contribution in [3.8, 4) is 0 Å². The predicted octanol–water partition coefficient (Wildman–Crippen LogP) is 4.24. The lowest BCUT2D eigenvalue weighted by atomic mass is 10.3. The largest absolute Gasteiger partial charge is 0.367 e. The summed E-state index contributed by atoms with van der Waals surface area (Å²) < 4.78 is 0.618. The molecular formula is C11H8BrCl2N5O2. The molecule has 0 radical (unpaired) electrons. The van der Waals surface area contributed by atoms with Crippen molar-refractivity contribution in [3.63, 3.8) is 0 Å². The third-order valence-corrected chi connectivity index (χ3v) is 4.30. The second kappa shape index (κ2) is 6.42. The van der Waals surface area contributed by atoms with Crippen molar-refractivity contribution >= 4 is 62.1 Å². The van der Waals surface area contributed by atoms with Crippen molar-refractivity contribution in [1.29, 1.82) is 0 Å². The number of nitro groups is 1.